The Hall–Kier alpha value is -3.23. The summed E-state index contributed by atoms with van der Waals surface area (Å²) in [5.41, 5.74) is 12.4. The number of nitrogens with zero attached hydrogens (tertiary/aromatic N) is 3. The largest absolute Gasteiger partial charge is 0.381 e. The summed E-state index contributed by atoms with van der Waals surface area (Å²) in [7, 11) is 0. The van der Waals surface area contributed by atoms with E-state index in [-0.39, 0.29) is 17.3 Å². The molecule has 0 saturated carbocycles. The monoisotopic (exact) mass is 518 g/mol. The predicted molar refractivity (Wildman–Crippen MR) is 153 cm³/mol. The average Bonchev–Trinajstić information content (AvgIpc) is 3.20. The van der Waals surface area contributed by atoms with E-state index >= 15 is 0 Å². The molecule has 0 aliphatic carbocycles. The Labute approximate surface area is 224 Å². The molecule has 1 aliphatic heterocycles. The fourth-order valence-corrected chi connectivity index (χ4v) is 5.41. The molecular weight excluding hydrogens is 479 g/mol. The molecule has 0 spiro atoms. The van der Waals surface area contributed by atoms with E-state index < -0.39 is 0 Å². The number of anilines is 2. The second kappa shape index (κ2) is 11.3. The molecule has 0 atom stereocenters. The first kappa shape index (κ1) is 26.4. The Bertz CT molecular complexity index is 1430. The highest BCUT2D eigenvalue weighted by Gasteiger charge is 2.26. The maximum absolute atomic E-state index is 14.4. The third kappa shape index (κ3) is 5.47. The van der Waals surface area contributed by atoms with Gasteiger partial charge in [0, 0.05) is 43.8 Å². The molecule has 38 heavy (non-hydrogen) atoms. The van der Waals surface area contributed by atoms with E-state index in [2.05, 4.69) is 64.1 Å². The molecule has 4 aromatic rings. The van der Waals surface area contributed by atoms with Crippen LogP contribution in [0.1, 0.15) is 63.1 Å². The Morgan fingerprint density at radius 2 is 1.89 bits per heavy atom. The first-order valence-corrected chi connectivity index (χ1v) is 13.8. The van der Waals surface area contributed by atoms with Crippen molar-refractivity contribution in [3.05, 3.63) is 58.9 Å². The number of nitrogen functional groups attached to an aromatic ring is 1. The van der Waals surface area contributed by atoms with Gasteiger partial charge in [0.25, 0.3) is 0 Å². The van der Waals surface area contributed by atoms with Gasteiger partial charge in [-0.1, -0.05) is 38.5 Å². The lowest BCUT2D eigenvalue weighted by Gasteiger charge is -2.34. The third-order valence-corrected chi connectivity index (χ3v) is 7.79. The molecule has 3 heterocycles. The van der Waals surface area contributed by atoms with Crippen LogP contribution in [0, 0.1) is 5.82 Å². The van der Waals surface area contributed by atoms with Gasteiger partial charge in [0.2, 0.25) is 5.95 Å². The topological polar surface area (TPSA) is 90.0 Å². The molecule has 2 aromatic heterocycles. The summed E-state index contributed by atoms with van der Waals surface area (Å²) in [5.74, 6) is 0.586. The number of hydrogen-bond donors (Lipinski definition) is 3. The first-order valence-electron chi connectivity index (χ1n) is 13.8. The number of aryl methyl sites for hydroxylation is 1. The summed E-state index contributed by atoms with van der Waals surface area (Å²) in [5, 5.41) is 7.99. The summed E-state index contributed by atoms with van der Waals surface area (Å²) >= 11 is 0. The van der Waals surface area contributed by atoms with Crippen LogP contribution in [0.3, 0.4) is 0 Å². The standard InChI is InChI=1S/C30H39FN6O/c1-4-6-13-33-28-27-26(35-29(32)36-28)24-17-23(31)9-10-25(24)37(27)19-22-16-20(7-8-21(22)5-2)18-34-30(3)11-14-38-15-12-30/h7-10,16-17,34H,4-6,11-15,18-19H2,1-3H3,(H3,32,33,35,36). The SMILES string of the molecule is CCCCNc1nc(N)nc2c3cc(F)ccc3n(Cc3cc(CNC4(C)CCOCC4)ccc3CC)c12. The summed E-state index contributed by atoms with van der Waals surface area (Å²) in [6, 6.07) is 11.7. The zero-order valence-corrected chi connectivity index (χ0v) is 22.7. The van der Waals surface area contributed by atoms with E-state index in [1.165, 1.54) is 22.8 Å². The number of nitrogens with two attached hydrogens (primary N) is 1. The van der Waals surface area contributed by atoms with E-state index in [0.29, 0.717) is 17.9 Å². The van der Waals surface area contributed by atoms with Crippen molar-refractivity contribution in [3.63, 3.8) is 0 Å². The van der Waals surface area contributed by atoms with Gasteiger partial charge in [0.05, 0.1) is 5.52 Å². The van der Waals surface area contributed by atoms with Crippen molar-refractivity contribution in [3.8, 4) is 0 Å². The van der Waals surface area contributed by atoms with Crippen LogP contribution in [0.2, 0.25) is 0 Å². The Kier molecular flexibility index (Phi) is 7.81. The van der Waals surface area contributed by atoms with Crippen LogP contribution in [-0.4, -0.2) is 39.8 Å². The molecule has 0 amide bonds. The highest BCUT2D eigenvalue weighted by molar-refractivity contribution is 6.09. The van der Waals surface area contributed by atoms with Crippen LogP contribution >= 0.6 is 0 Å². The van der Waals surface area contributed by atoms with E-state index in [9.17, 15) is 4.39 Å². The minimum atomic E-state index is -0.293. The second-order valence-electron chi connectivity index (χ2n) is 10.6. The summed E-state index contributed by atoms with van der Waals surface area (Å²) in [4.78, 5) is 9.13. The van der Waals surface area contributed by atoms with Crippen LogP contribution in [0.5, 0.6) is 0 Å². The van der Waals surface area contributed by atoms with Gasteiger partial charge in [-0.15, -0.1) is 0 Å². The number of ether oxygens (including phenoxy) is 1. The van der Waals surface area contributed by atoms with Gasteiger partial charge in [0.1, 0.15) is 16.9 Å². The Balaban J connectivity index is 1.56. The number of nitrogens with one attached hydrogen (secondary N) is 2. The van der Waals surface area contributed by atoms with Crippen LogP contribution in [-0.2, 0) is 24.2 Å². The molecule has 8 heteroatoms. The van der Waals surface area contributed by atoms with Crippen molar-refractivity contribution in [2.45, 2.75) is 71.5 Å². The van der Waals surface area contributed by atoms with Gasteiger partial charge >= 0.3 is 0 Å². The van der Waals surface area contributed by atoms with Crippen molar-refractivity contribution in [1.82, 2.24) is 19.9 Å². The summed E-state index contributed by atoms with van der Waals surface area (Å²) in [6.45, 7) is 10.4. The molecule has 1 aliphatic rings. The van der Waals surface area contributed by atoms with Gasteiger partial charge in [-0.05, 0) is 67.5 Å². The third-order valence-electron chi connectivity index (χ3n) is 7.79. The number of aromatic nitrogens is 3. The molecule has 0 unspecified atom stereocenters. The maximum Gasteiger partial charge on any atom is 0.222 e. The highest BCUT2D eigenvalue weighted by atomic mass is 19.1. The molecule has 5 rings (SSSR count). The molecule has 202 valence electrons. The normalized spacial score (nSPS) is 15.4. The Morgan fingerprint density at radius 3 is 2.66 bits per heavy atom. The van der Waals surface area contributed by atoms with Crippen molar-refractivity contribution >= 4 is 33.7 Å². The fourth-order valence-electron chi connectivity index (χ4n) is 5.41. The van der Waals surface area contributed by atoms with Crippen LogP contribution in [0.4, 0.5) is 16.2 Å². The minimum absolute atomic E-state index is 0.0923. The van der Waals surface area contributed by atoms with E-state index in [4.69, 9.17) is 10.5 Å². The van der Waals surface area contributed by atoms with Crippen molar-refractivity contribution in [1.29, 1.82) is 0 Å². The number of fused-ring (bicyclic) bond motifs is 3. The minimum Gasteiger partial charge on any atom is -0.381 e. The molecule has 1 saturated heterocycles. The summed E-state index contributed by atoms with van der Waals surface area (Å²) in [6.07, 6.45) is 5.04. The van der Waals surface area contributed by atoms with E-state index in [1.54, 1.807) is 6.07 Å². The molecule has 1 fully saturated rings. The zero-order valence-electron chi connectivity index (χ0n) is 22.7. The van der Waals surface area contributed by atoms with Crippen LogP contribution < -0.4 is 16.4 Å². The maximum atomic E-state index is 14.4. The summed E-state index contributed by atoms with van der Waals surface area (Å²) < 4.78 is 22.1. The van der Waals surface area contributed by atoms with Gasteiger partial charge in [-0.25, -0.2) is 9.37 Å². The molecule has 0 radical (unpaired) electrons. The highest BCUT2D eigenvalue weighted by Crippen LogP contribution is 2.34. The molecule has 0 bridgehead atoms. The van der Waals surface area contributed by atoms with E-state index in [1.807, 2.05) is 6.07 Å². The predicted octanol–water partition coefficient (Wildman–Crippen LogP) is 5.79. The lowest BCUT2D eigenvalue weighted by molar-refractivity contribution is 0.0446. The molecular formula is C30H39FN6O. The number of hydrogen-bond acceptors (Lipinski definition) is 6. The first-order chi connectivity index (χ1) is 18.4. The van der Waals surface area contributed by atoms with Gasteiger partial charge in [-0.2, -0.15) is 4.98 Å². The number of halogens is 1. The Morgan fingerprint density at radius 1 is 1.08 bits per heavy atom. The van der Waals surface area contributed by atoms with Crippen LogP contribution in [0.15, 0.2) is 36.4 Å². The number of rotatable bonds is 10. The van der Waals surface area contributed by atoms with Gasteiger partial charge in [-0.3, -0.25) is 0 Å². The lowest BCUT2D eigenvalue weighted by atomic mass is 9.92. The molecule has 7 nitrogen and oxygen atoms in total. The van der Waals surface area contributed by atoms with Crippen molar-refractivity contribution in [2.24, 2.45) is 0 Å². The second-order valence-corrected chi connectivity index (χ2v) is 10.6. The number of benzene rings is 2. The van der Waals surface area contributed by atoms with Crippen molar-refractivity contribution < 1.29 is 9.13 Å². The lowest BCUT2D eigenvalue weighted by Crippen LogP contribution is -2.46. The zero-order chi connectivity index (χ0) is 26.7. The van der Waals surface area contributed by atoms with Gasteiger partial charge < -0.3 is 25.7 Å². The average molecular weight is 519 g/mol. The van der Waals surface area contributed by atoms with Crippen molar-refractivity contribution in [2.75, 3.05) is 30.8 Å². The fraction of sp³-hybridized carbons (Fsp3) is 0.467. The van der Waals surface area contributed by atoms with Gasteiger partial charge in [0.15, 0.2) is 5.82 Å². The quantitative estimate of drug-likeness (QED) is 0.230. The number of unbranched alkanes of at least 4 members (excludes halogenated alkanes) is 1. The van der Waals surface area contributed by atoms with E-state index in [0.717, 1.165) is 74.8 Å². The smallest absolute Gasteiger partial charge is 0.222 e. The van der Waals surface area contributed by atoms with Crippen LogP contribution in [0.25, 0.3) is 21.9 Å². The molecule has 4 N–H and O–H groups in total. The molecule has 2 aromatic carbocycles.